The molecule has 0 aromatic heterocycles. The molecule has 1 aromatic rings. The van der Waals surface area contributed by atoms with Gasteiger partial charge in [-0.15, -0.1) is 12.4 Å². The van der Waals surface area contributed by atoms with Gasteiger partial charge in [0.25, 0.3) is 5.91 Å². The summed E-state index contributed by atoms with van der Waals surface area (Å²) < 4.78 is 5.70. The molecule has 2 fully saturated rings. The molecule has 7 heteroatoms. The van der Waals surface area contributed by atoms with Crippen molar-refractivity contribution in [3.63, 3.8) is 0 Å². The van der Waals surface area contributed by atoms with E-state index < -0.39 is 0 Å². The van der Waals surface area contributed by atoms with Crippen LogP contribution in [0.25, 0.3) is 0 Å². The normalized spacial score (nSPS) is 23.0. The Bertz CT molecular complexity index is 630. The molecule has 2 saturated heterocycles. The number of halogens is 1. The number of nitrogens with two attached hydrogens (primary N) is 1. The van der Waals surface area contributed by atoms with Crippen molar-refractivity contribution in [2.45, 2.75) is 51.4 Å². The molecule has 0 saturated carbocycles. The predicted molar refractivity (Wildman–Crippen MR) is 107 cm³/mol. The fourth-order valence-corrected chi connectivity index (χ4v) is 3.67. The van der Waals surface area contributed by atoms with Crippen molar-refractivity contribution in [3.8, 4) is 0 Å². The van der Waals surface area contributed by atoms with Gasteiger partial charge in [-0.1, -0.05) is 29.8 Å². The molecule has 2 atom stereocenters. The maximum absolute atomic E-state index is 12.5. The number of likely N-dealkylation sites (tertiary alicyclic amines) is 1. The lowest BCUT2D eigenvalue weighted by Crippen LogP contribution is -2.46. The van der Waals surface area contributed by atoms with Gasteiger partial charge in [-0.05, 0) is 38.2 Å². The van der Waals surface area contributed by atoms with Gasteiger partial charge in [-0.2, -0.15) is 0 Å². The van der Waals surface area contributed by atoms with Gasteiger partial charge in [0.05, 0.1) is 6.10 Å². The average Bonchev–Trinajstić information content (AvgIpc) is 3.16. The molecule has 0 spiro atoms. The third kappa shape index (κ3) is 5.67. The number of hydrogen-bond acceptors (Lipinski definition) is 4. The zero-order chi connectivity index (χ0) is 18.5. The molecule has 3 rings (SSSR count). The van der Waals surface area contributed by atoms with Gasteiger partial charge in [0.1, 0.15) is 6.10 Å². The van der Waals surface area contributed by atoms with Crippen molar-refractivity contribution in [1.29, 1.82) is 0 Å². The fourth-order valence-electron chi connectivity index (χ4n) is 3.67. The first-order valence-electron chi connectivity index (χ1n) is 9.54. The monoisotopic (exact) mass is 395 g/mol. The first-order chi connectivity index (χ1) is 12.6. The number of ether oxygens (including phenoxy) is 1. The number of hydrogen-bond donors (Lipinski definition) is 2. The van der Waals surface area contributed by atoms with E-state index in [0.717, 1.165) is 18.4 Å². The number of aryl methyl sites for hydroxylation is 1. The lowest BCUT2D eigenvalue weighted by molar-refractivity contribution is -0.145. The summed E-state index contributed by atoms with van der Waals surface area (Å²) in [6, 6.07) is 8.16. The zero-order valence-corrected chi connectivity index (χ0v) is 16.7. The average molecular weight is 396 g/mol. The van der Waals surface area contributed by atoms with E-state index in [-0.39, 0.29) is 42.3 Å². The summed E-state index contributed by atoms with van der Waals surface area (Å²) in [5, 5.41) is 3.02. The molecule has 1 aromatic carbocycles. The molecule has 2 amide bonds. The highest BCUT2D eigenvalue weighted by Gasteiger charge is 2.35. The summed E-state index contributed by atoms with van der Waals surface area (Å²) in [5.74, 6) is 0.114. The van der Waals surface area contributed by atoms with Crippen molar-refractivity contribution in [1.82, 2.24) is 10.2 Å². The highest BCUT2D eigenvalue weighted by atomic mass is 35.5. The molecule has 2 aliphatic rings. The van der Waals surface area contributed by atoms with Gasteiger partial charge in [-0.25, -0.2) is 0 Å². The van der Waals surface area contributed by atoms with Gasteiger partial charge < -0.3 is 20.7 Å². The summed E-state index contributed by atoms with van der Waals surface area (Å²) in [6.45, 7) is 4.30. The summed E-state index contributed by atoms with van der Waals surface area (Å²) in [6.07, 6.45) is 2.67. The Hall–Kier alpha value is -1.63. The SMILES string of the molecule is Cc1ccc(CNC(=O)C2CCN(C(=O)[C@@H]3CC[C@H](CN)O3)CC2)cc1.Cl. The van der Waals surface area contributed by atoms with Crippen molar-refractivity contribution in [2.24, 2.45) is 11.7 Å². The Balaban J connectivity index is 0.00000261. The van der Waals surface area contributed by atoms with Crippen LogP contribution >= 0.6 is 12.4 Å². The molecular formula is C20H30ClN3O3. The second-order valence-electron chi connectivity index (χ2n) is 7.36. The van der Waals surface area contributed by atoms with Crippen LogP contribution in [0.15, 0.2) is 24.3 Å². The third-order valence-corrected chi connectivity index (χ3v) is 5.41. The Kier molecular flexibility index (Phi) is 8.07. The molecule has 150 valence electrons. The maximum atomic E-state index is 12.5. The van der Waals surface area contributed by atoms with Crippen LogP contribution in [0.3, 0.4) is 0 Å². The summed E-state index contributed by atoms with van der Waals surface area (Å²) in [7, 11) is 0. The molecule has 2 aliphatic heterocycles. The van der Waals surface area contributed by atoms with E-state index in [2.05, 4.69) is 5.32 Å². The predicted octanol–water partition coefficient (Wildman–Crippen LogP) is 1.78. The van der Waals surface area contributed by atoms with Gasteiger partial charge in [-0.3, -0.25) is 9.59 Å². The van der Waals surface area contributed by atoms with Gasteiger partial charge in [0.15, 0.2) is 0 Å². The number of nitrogens with one attached hydrogen (secondary N) is 1. The van der Waals surface area contributed by atoms with Crippen LogP contribution in [0, 0.1) is 12.8 Å². The number of carbonyl (C=O) groups excluding carboxylic acids is 2. The topological polar surface area (TPSA) is 84.7 Å². The van der Waals surface area contributed by atoms with Crippen LogP contribution in [0.5, 0.6) is 0 Å². The smallest absolute Gasteiger partial charge is 0.251 e. The highest BCUT2D eigenvalue weighted by Crippen LogP contribution is 2.24. The summed E-state index contributed by atoms with van der Waals surface area (Å²) in [5.41, 5.74) is 7.92. The van der Waals surface area contributed by atoms with Crippen molar-refractivity contribution in [2.75, 3.05) is 19.6 Å². The number of benzene rings is 1. The quantitative estimate of drug-likeness (QED) is 0.795. The van der Waals surface area contributed by atoms with Crippen LogP contribution in [-0.2, 0) is 20.9 Å². The second-order valence-corrected chi connectivity index (χ2v) is 7.36. The van der Waals surface area contributed by atoms with E-state index in [4.69, 9.17) is 10.5 Å². The number of rotatable bonds is 5. The number of carbonyl (C=O) groups is 2. The van der Waals surface area contributed by atoms with E-state index in [1.165, 1.54) is 5.56 Å². The minimum atomic E-state index is -0.351. The molecule has 27 heavy (non-hydrogen) atoms. The molecule has 6 nitrogen and oxygen atoms in total. The molecule has 0 bridgehead atoms. The highest BCUT2D eigenvalue weighted by molar-refractivity contribution is 5.85. The first-order valence-corrected chi connectivity index (χ1v) is 9.54. The maximum Gasteiger partial charge on any atom is 0.251 e. The molecule has 0 aliphatic carbocycles. The van der Waals surface area contributed by atoms with E-state index in [1.807, 2.05) is 36.1 Å². The van der Waals surface area contributed by atoms with Crippen LogP contribution in [-0.4, -0.2) is 48.6 Å². The largest absolute Gasteiger partial charge is 0.364 e. The molecule has 3 N–H and O–H groups in total. The standard InChI is InChI=1S/C20H29N3O3.ClH/c1-14-2-4-15(5-3-14)13-22-19(24)16-8-10-23(11-9-16)20(25)18-7-6-17(12-21)26-18;/h2-5,16-18H,6-13,21H2,1H3,(H,22,24);1H/t17-,18+;/m1./s1. The van der Waals surface area contributed by atoms with E-state index >= 15 is 0 Å². The minimum absolute atomic E-state index is 0. The number of amides is 2. The summed E-state index contributed by atoms with van der Waals surface area (Å²) >= 11 is 0. The molecule has 2 heterocycles. The van der Waals surface area contributed by atoms with Crippen molar-refractivity contribution >= 4 is 24.2 Å². The van der Waals surface area contributed by atoms with E-state index in [9.17, 15) is 9.59 Å². The minimum Gasteiger partial charge on any atom is -0.364 e. The van der Waals surface area contributed by atoms with Gasteiger partial charge in [0, 0.05) is 32.1 Å². The molecular weight excluding hydrogens is 366 g/mol. The summed E-state index contributed by atoms with van der Waals surface area (Å²) in [4.78, 5) is 26.8. The fraction of sp³-hybridized carbons (Fsp3) is 0.600. The zero-order valence-electron chi connectivity index (χ0n) is 15.9. The Labute approximate surface area is 167 Å². The Morgan fingerprint density at radius 2 is 1.81 bits per heavy atom. The lowest BCUT2D eigenvalue weighted by atomic mass is 9.95. The van der Waals surface area contributed by atoms with Crippen molar-refractivity contribution < 1.29 is 14.3 Å². The number of piperidine rings is 1. The second kappa shape index (κ2) is 10.1. The van der Waals surface area contributed by atoms with E-state index in [1.54, 1.807) is 0 Å². The van der Waals surface area contributed by atoms with Crippen LogP contribution in [0.1, 0.15) is 36.8 Å². The Morgan fingerprint density at radius 1 is 1.15 bits per heavy atom. The van der Waals surface area contributed by atoms with Gasteiger partial charge >= 0.3 is 0 Å². The third-order valence-electron chi connectivity index (χ3n) is 5.41. The first kappa shape index (κ1) is 21.7. The van der Waals surface area contributed by atoms with Crippen molar-refractivity contribution in [3.05, 3.63) is 35.4 Å². The number of nitrogens with zero attached hydrogens (tertiary/aromatic N) is 1. The van der Waals surface area contributed by atoms with Crippen LogP contribution in [0.2, 0.25) is 0 Å². The van der Waals surface area contributed by atoms with E-state index in [0.29, 0.717) is 39.0 Å². The Morgan fingerprint density at radius 3 is 2.41 bits per heavy atom. The van der Waals surface area contributed by atoms with Crippen LogP contribution in [0.4, 0.5) is 0 Å². The molecule has 0 unspecified atom stereocenters. The molecule has 0 radical (unpaired) electrons. The van der Waals surface area contributed by atoms with Crippen LogP contribution < -0.4 is 11.1 Å². The lowest BCUT2D eigenvalue weighted by Gasteiger charge is -2.32. The van der Waals surface area contributed by atoms with Gasteiger partial charge in [0.2, 0.25) is 5.91 Å².